The molecule has 0 saturated carbocycles. The maximum absolute atomic E-state index is 12.6. The summed E-state index contributed by atoms with van der Waals surface area (Å²) in [6.07, 6.45) is 2.01. The van der Waals surface area contributed by atoms with E-state index in [1.165, 1.54) is 0 Å². The summed E-state index contributed by atoms with van der Waals surface area (Å²) in [5.41, 5.74) is 2.26. The van der Waals surface area contributed by atoms with Crippen LogP contribution in [0.3, 0.4) is 0 Å². The van der Waals surface area contributed by atoms with Gasteiger partial charge in [-0.15, -0.1) is 23.4 Å². The molecule has 0 radical (unpaired) electrons. The van der Waals surface area contributed by atoms with E-state index in [0.717, 1.165) is 26.1 Å². The van der Waals surface area contributed by atoms with Crippen molar-refractivity contribution in [2.24, 2.45) is 0 Å². The van der Waals surface area contributed by atoms with E-state index in [9.17, 15) is 5.21 Å². The summed E-state index contributed by atoms with van der Waals surface area (Å²) in [4.78, 5) is 5.46. The fourth-order valence-corrected chi connectivity index (χ4v) is 2.91. The fourth-order valence-electron chi connectivity index (χ4n) is 2.31. The number of thioether (sulfide) groups is 1. The van der Waals surface area contributed by atoms with Gasteiger partial charge < -0.3 is 5.21 Å². The van der Waals surface area contributed by atoms with Crippen LogP contribution in [0.1, 0.15) is 5.82 Å². The quantitative estimate of drug-likeness (QED) is 0.317. The van der Waals surface area contributed by atoms with Gasteiger partial charge in [0.2, 0.25) is 0 Å². The molecule has 106 valence electrons. The average Bonchev–Trinajstić information content (AvgIpc) is 2.54. The van der Waals surface area contributed by atoms with Gasteiger partial charge in [0, 0.05) is 10.5 Å². The van der Waals surface area contributed by atoms with Crippen LogP contribution in [0.15, 0.2) is 53.4 Å². The first kappa shape index (κ1) is 14.2. The third-order valence-electron chi connectivity index (χ3n) is 3.31. The molecule has 0 unspecified atom stereocenters. The Labute approximate surface area is 132 Å². The van der Waals surface area contributed by atoms with Gasteiger partial charge in [-0.2, -0.15) is 0 Å². The van der Waals surface area contributed by atoms with Gasteiger partial charge in [-0.05, 0) is 29.4 Å². The molecular weight excluding hydrogens is 304 g/mol. The number of hydrogen-bond donors (Lipinski definition) is 0. The van der Waals surface area contributed by atoms with Crippen LogP contribution in [0.5, 0.6) is 0 Å². The fraction of sp³-hybridized carbons (Fsp3) is 0.125. The predicted molar refractivity (Wildman–Crippen MR) is 87.5 cm³/mol. The topological polar surface area (TPSA) is 39.8 Å². The van der Waals surface area contributed by atoms with E-state index < -0.39 is 0 Å². The Bertz CT molecular complexity index is 793. The third-order valence-corrected chi connectivity index (χ3v) is 4.28. The Balaban J connectivity index is 2.40. The smallest absolute Gasteiger partial charge is 0.317 e. The summed E-state index contributed by atoms with van der Waals surface area (Å²) in [5, 5.41) is 13.4. The number of fused-ring (bicyclic) bond motifs is 1. The summed E-state index contributed by atoms with van der Waals surface area (Å²) < 4.78 is 0.842. The molecule has 0 spiro atoms. The van der Waals surface area contributed by atoms with Crippen molar-refractivity contribution in [3.63, 3.8) is 0 Å². The van der Waals surface area contributed by atoms with Crippen LogP contribution in [0.25, 0.3) is 22.2 Å². The molecule has 0 amide bonds. The number of alkyl halides is 1. The molecule has 0 aliphatic carbocycles. The first-order valence-electron chi connectivity index (χ1n) is 6.46. The number of rotatable bonds is 3. The highest BCUT2D eigenvalue weighted by molar-refractivity contribution is 7.98. The van der Waals surface area contributed by atoms with Crippen molar-refractivity contribution in [3.8, 4) is 11.3 Å². The van der Waals surface area contributed by atoms with Gasteiger partial charge >= 0.3 is 5.82 Å². The minimum atomic E-state index is 0.0869. The van der Waals surface area contributed by atoms with Crippen molar-refractivity contribution < 1.29 is 4.73 Å². The Kier molecular flexibility index (Phi) is 3.99. The van der Waals surface area contributed by atoms with Gasteiger partial charge in [-0.1, -0.05) is 30.3 Å². The van der Waals surface area contributed by atoms with Crippen molar-refractivity contribution in [2.45, 2.75) is 10.8 Å². The molecule has 1 aromatic heterocycles. The van der Waals surface area contributed by atoms with Gasteiger partial charge in [-0.3, -0.25) is 0 Å². The van der Waals surface area contributed by atoms with E-state index >= 15 is 0 Å². The second kappa shape index (κ2) is 5.92. The molecule has 3 aromatic rings. The van der Waals surface area contributed by atoms with Crippen molar-refractivity contribution in [1.82, 2.24) is 4.98 Å². The minimum absolute atomic E-state index is 0.0869. The summed E-state index contributed by atoms with van der Waals surface area (Å²) in [6, 6.07) is 15.5. The van der Waals surface area contributed by atoms with E-state index in [-0.39, 0.29) is 5.88 Å². The van der Waals surface area contributed by atoms with Crippen LogP contribution in [0, 0.1) is 5.21 Å². The van der Waals surface area contributed by atoms with E-state index in [0.29, 0.717) is 11.5 Å². The largest absolute Gasteiger partial charge is 0.710 e. The van der Waals surface area contributed by atoms with Crippen LogP contribution in [0.4, 0.5) is 0 Å². The zero-order valence-electron chi connectivity index (χ0n) is 11.4. The summed E-state index contributed by atoms with van der Waals surface area (Å²) >= 11 is 7.50. The first-order chi connectivity index (χ1) is 10.2. The molecule has 0 atom stereocenters. The molecule has 0 N–H and O–H groups in total. The number of benzene rings is 2. The predicted octanol–water partition coefficient (Wildman–Crippen LogP) is 4.00. The number of nitrogens with zero attached hydrogens (tertiary/aromatic N) is 2. The molecule has 1 heterocycles. The van der Waals surface area contributed by atoms with Gasteiger partial charge in [-0.25, -0.2) is 4.73 Å². The van der Waals surface area contributed by atoms with E-state index in [4.69, 9.17) is 11.6 Å². The monoisotopic (exact) mass is 316 g/mol. The number of hydrogen-bond acceptors (Lipinski definition) is 3. The lowest BCUT2D eigenvalue weighted by atomic mass is 10.1. The van der Waals surface area contributed by atoms with E-state index in [1.54, 1.807) is 11.8 Å². The molecule has 5 heteroatoms. The molecular formula is C16H13ClN2OS. The highest BCUT2D eigenvalue weighted by atomic mass is 35.5. The minimum Gasteiger partial charge on any atom is -0.710 e. The summed E-state index contributed by atoms with van der Waals surface area (Å²) in [5.74, 6) is 0.406. The van der Waals surface area contributed by atoms with Crippen LogP contribution < -0.4 is 4.73 Å². The molecule has 3 nitrogen and oxygen atoms in total. The maximum atomic E-state index is 12.6. The highest BCUT2D eigenvalue weighted by Gasteiger charge is 2.19. The van der Waals surface area contributed by atoms with Crippen molar-refractivity contribution in [1.29, 1.82) is 0 Å². The Morgan fingerprint density at radius 1 is 1.19 bits per heavy atom. The Morgan fingerprint density at radius 3 is 2.62 bits per heavy atom. The lowest BCUT2D eigenvalue weighted by Gasteiger charge is -2.14. The molecule has 0 aliphatic rings. The van der Waals surface area contributed by atoms with Crippen molar-refractivity contribution >= 4 is 34.3 Å². The number of aromatic nitrogens is 2. The van der Waals surface area contributed by atoms with E-state index in [2.05, 4.69) is 4.98 Å². The normalized spacial score (nSPS) is 11.0. The van der Waals surface area contributed by atoms with Crippen LogP contribution in [-0.4, -0.2) is 11.2 Å². The lowest BCUT2D eigenvalue weighted by molar-refractivity contribution is -0.603. The Hall–Kier alpha value is -1.78. The molecule has 3 rings (SSSR count). The zero-order chi connectivity index (χ0) is 14.8. The highest BCUT2D eigenvalue weighted by Crippen LogP contribution is 2.28. The van der Waals surface area contributed by atoms with Crippen LogP contribution in [0.2, 0.25) is 0 Å². The second-order valence-electron chi connectivity index (χ2n) is 4.55. The SMILES string of the molecule is CSc1ccc2nc(CCl)[n+]([O-])c(-c3ccccc3)c2c1. The molecule has 0 fully saturated rings. The first-order valence-corrected chi connectivity index (χ1v) is 8.22. The number of halogens is 1. The zero-order valence-corrected chi connectivity index (χ0v) is 13.0. The van der Waals surface area contributed by atoms with Gasteiger partial charge in [0.15, 0.2) is 5.52 Å². The van der Waals surface area contributed by atoms with Crippen LogP contribution in [-0.2, 0) is 5.88 Å². The molecule has 0 aliphatic heterocycles. The molecule has 0 saturated heterocycles. The van der Waals surface area contributed by atoms with Crippen LogP contribution >= 0.6 is 23.4 Å². The third kappa shape index (κ3) is 2.57. The molecule has 0 bridgehead atoms. The summed E-state index contributed by atoms with van der Waals surface area (Å²) in [7, 11) is 0. The average molecular weight is 317 g/mol. The lowest BCUT2D eigenvalue weighted by Crippen LogP contribution is -2.35. The van der Waals surface area contributed by atoms with Crippen molar-refractivity contribution in [3.05, 3.63) is 59.6 Å². The standard InChI is InChI=1S/C16H13ClN2OS/c1-21-12-7-8-14-13(9-12)16(11-5-3-2-4-6-11)19(20)15(10-17)18-14/h2-9H,10H2,1H3. The molecule has 2 aromatic carbocycles. The summed E-state index contributed by atoms with van der Waals surface area (Å²) in [6.45, 7) is 0. The van der Waals surface area contributed by atoms with E-state index in [1.807, 2.05) is 54.8 Å². The second-order valence-corrected chi connectivity index (χ2v) is 5.70. The Morgan fingerprint density at radius 2 is 1.95 bits per heavy atom. The van der Waals surface area contributed by atoms with Crippen molar-refractivity contribution in [2.75, 3.05) is 6.26 Å². The van der Waals surface area contributed by atoms with Gasteiger partial charge in [0.25, 0.3) is 0 Å². The molecule has 21 heavy (non-hydrogen) atoms. The van der Waals surface area contributed by atoms with Gasteiger partial charge in [0.05, 0.1) is 5.39 Å². The maximum Gasteiger partial charge on any atom is 0.317 e. The van der Waals surface area contributed by atoms with Gasteiger partial charge in [0.1, 0.15) is 11.6 Å².